The monoisotopic (exact) mass is 309 g/mol. The molecule has 0 spiro atoms. The van der Waals surface area contributed by atoms with Crippen molar-refractivity contribution in [3.05, 3.63) is 39.1 Å². The van der Waals surface area contributed by atoms with Gasteiger partial charge in [-0.25, -0.2) is 0 Å². The summed E-state index contributed by atoms with van der Waals surface area (Å²) in [6.07, 6.45) is 2.28. The van der Waals surface area contributed by atoms with Gasteiger partial charge in [0.15, 0.2) is 0 Å². The van der Waals surface area contributed by atoms with Crippen molar-refractivity contribution in [1.82, 2.24) is 4.57 Å². The van der Waals surface area contributed by atoms with Crippen molar-refractivity contribution in [2.45, 2.75) is 6.92 Å². The third-order valence-corrected chi connectivity index (χ3v) is 4.66. The molecule has 1 aliphatic rings. The van der Waals surface area contributed by atoms with E-state index in [1.807, 2.05) is 0 Å². The van der Waals surface area contributed by atoms with Crippen LogP contribution in [0.3, 0.4) is 0 Å². The molecule has 1 nitrogen and oxygen atoms in total. The van der Waals surface area contributed by atoms with Crippen LogP contribution in [0.25, 0.3) is 17.0 Å². The summed E-state index contributed by atoms with van der Waals surface area (Å²) >= 11 is 0.135. The van der Waals surface area contributed by atoms with Gasteiger partial charge >= 0.3 is 0 Å². The summed E-state index contributed by atoms with van der Waals surface area (Å²) in [6.45, 7) is 2.16. The Morgan fingerprint density at radius 1 is 1.27 bits per heavy atom. The van der Waals surface area contributed by atoms with Crippen LogP contribution < -0.4 is 0 Å². The molecule has 1 aromatic carbocycles. The molecule has 0 aliphatic carbocycles. The maximum Gasteiger partial charge on any atom is 0.0497 e. The van der Waals surface area contributed by atoms with Crippen LogP contribution in [-0.4, -0.2) is 8.58 Å². The summed E-state index contributed by atoms with van der Waals surface area (Å²) < 4.78 is 7.04. The Morgan fingerprint density at radius 3 is 3.00 bits per heavy atom. The zero-order valence-electron chi connectivity index (χ0n) is 8.79. The highest BCUT2D eigenvalue weighted by Crippen LogP contribution is 2.30. The molecule has 0 atom stereocenters. The second kappa shape index (κ2) is 3.30. The molecule has 0 fully saturated rings. The molecule has 0 N–H and O–H groups in total. The summed E-state index contributed by atoms with van der Waals surface area (Å²) in [5, 5.41) is 1.41. The first-order valence-corrected chi connectivity index (χ1v) is 7.47. The fraction of sp³-hybridized carbons (Fsp3) is 0.154. The van der Waals surface area contributed by atoms with E-state index in [9.17, 15) is 0 Å². The predicted molar refractivity (Wildman–Crippen MR) is 75.9 cm³/mol. The van der Waals surface area contributed by atoms with Crippen LogP contribution >= 0.6 is 20.7 Å². The molecule has 1 aliphatic heterocycles. The fourth-order valence-electron chi connectivity index (χ4n) is 2.12. The van der Waals surface area contributed by atoms with Gasteiger partial charge in [-0.05, 0) is 33.2 Å². The highest BCUT2D eigenvalue weighted by molar-refractivity contribution is 14.2. The van der Waals surface area contributed by atoms with Crippen molar-refractivity contribution in [2.75, 3.05) is 0 Å². The molecule has 1 aromatic heterocycles. The number of benzene rings is 1. The van der Waals surface area contributed by atoms with E-state index in [2.05, 4.69) is 50.9 Å². The number of hydrogen-bond donors (Lipinski definition) is 0. The van der Waals surface area contributed by atoms with Crippen molar-refractivity contribution < 1.29 is 0 Å². The van der Waals surface area contributed by atoms with Crippen LogP contribution in [0.1, 0.15) is 16.8 Å². The van der Waals surface area contributed by atoms with Crippen LogP contribution in [0.2, 0.25) is 0 Å². The summed E-state index contributed by atoms with van der Waals surface area (Å²) in [5.41, 5.74) is 5.50. The van der Waals surface area contributed by atoms with Gasteiger partial charge in [-0.1, -0.05) is 32.4 Å². The second-order valence-electron chi connectivity index (χ2n) is 3.91. The Hall–Kier alpha value is -0.900. The van der Waals surface area contributed by atoms with Crippen molar-refractivity contribution in [3.8, 4) is 0 Å². The largest absolute Gasteiger partial charge is 0.344 e. The summed E-state index contributed by atoms with van der Waals surface area (Å²) in [4.78, 5) is 0. The maximum atomic E-state index is 2.43. The molecule has 2 aromatic rings. The Labute approximate surface area is 99.2 Å². The smallest absolute Gasteiger partial charge is 0.0497 e. The van der Waals surface area contributed by atoms with Gasteiger partial charge in [0.1, 0.15) is 0 Å². The van der Waals surface area contributed by atoms with Gasteiger partial charge in [-0.2, -0.15) is 0 Å². The standard InChI is InChI=1S/C13H12IN/c1-9-3-4-12-10(7-9)11-8-14-6-5-13(11)15(12)2/h3-8H,1-2H3. The SMILES string of the molecule is Cc1ccc2c(c1)c1c(n2C)C=CI=C1. The Balaban J connectivity index is 2.51. The molecule has 2 heteroatoms. The molecule has 0 unspecified atom stereocenters. The number of rotatable bonds is 0. The van der Waals surface area contributed by atoms with E-state index in [1.165, 1.54) is 27.7 Å². The van der Waals surface area contributed by atoms with Gasteiger partial charge in [-0.15, -0.1) is 0 Å². The molecule has 0 saturated heterocycles. The van der Waals surface area contributed by atoms with E-state index in [0.29, 0.717) is 0 Å². The first-order chi connectivity index (χ1) is 7.27. The number of aryl methyl sites for hydroxylation is 2. The molecule has 0 bridgehead atoms. The Bertz CT molecular complexity index is 603. The van der Waals surface area contributed by atoms with E-state index in [0.717, 1.165) is 0 Å². The number of halogens is 1. The maximum absolute atomic E-state index is 2.43. The highest BCUT2D eigenvalue weighted by Gasteiger charge is 2.12. The predicted octanol–water partition coefficient (Wildman–Crippen LogP) is 3.59. The molecule has 0 amide bonds. The molecule has 3 rings (SSSR count). The van der Waals surface area contributed by atoms with E-state index < -0.39 is 0 Å². The minimum absolute atomic E-state index is 0.135. The van der Waals surface area contributed by atoms with Gasteiger partial charge in [0.25, 0.3) is 0 Å². The van der Waals surface area contributed by atoms with Gasteiger partial charge in [0, 0.05) is 29.2 Å². The lowest BCUT2D eigenvalue weighted by molar-refractivity contribution is 0.954. The Morgan fingerprint density at radius 2 is 2.13 bits per heavy atom. The van der Waals surface area contributed by atoms with Crippen molar-refractivity contribution in [3.63, 3.8) is 0 Å². The molecule has 15 heavy (non-hydrogen) atoms. The average molecular weight is 309 g/mol. The highest BCUT2D eigenvalue weighted by atomic mass is 127. The molecule has 0 radical (unpaired) electrons. The fourth-order valence-corrected chi connectivity index (χ4v) is 3.89. The van der Waals surface area contributed by atoms with Gasteiger partial charge in [0.05, 0.1) is 0 Å². The van der Waals surface area contributed by atoms with Crippen LogP contribution in [0.5, 0.6) is 0 Å². The molecule has 0 saturated carbocycles. The lowest BCUT2D eigenvalue weighted by Gasteiger charge is -2.01. The zero-order chi connectivity index (χ0) is 10.4. The number of nitrogens with zero attached hydrogens (tertiary/aromatic N) is 1. The second-order valence-corrected chi connectivity index (χ2v) is 5.97. The third kappa shape index (κ3) is 1.31. The van der Waals surface area contributed by atoms with Crippen molar-refractivity contribution >= 4 is 41.7 Å². The number of aromatic nitrogens is 1. The first-order valence-electron chi connectivity index (χ1n) is 4.98. The van der Waals surface area contributed by atoms with Gasteiger partial charge in [-0.3, -0.25) is 0 Å². The lowest BCUT2D eigenvalue weighted by atomic mass is 10.1. The summed E-state index contributed by atoms with van der Waals surface area (Å²) in [6, 6.07) is 6.71. The topological polar surface area (TPSA) is 4.93 Å². The lowest BCUT2D eigenvalue weighted by Crippen LogP contribution is -1.92. The number of hydrogen-bond acceptors (Lipinski definition) is 0. The summed E-state index contributed by atoms with van der Waals surface area (Å²) in [7, 11) is 2.15. The van der Waals surface area contributed by atoms with Gasteiger partial charge < -0.3 is 4.57 Å². The van der Waals surface area contributed by atoms with Crippen LogP contribution in [-0.2, 0) is 7.05 Å². The van der Waals surface area contributed by atoms with E-state index >= 15 is 0 Å². The zero-order valence-corrected chi connectivity index (χ0v) is 10.9. The van der Waals surface area contributed by atoms with Crippen LogP contribution in [0, 0.1) is 6.92 Å². The molecular weight excluding hydrogens is 297 g/mol. The normalized spacial score (nSPS) is 14.0. The average Bonchev–Trinajstić information content (AvgIpc) is 2.54. The van der Waals surface area contributed by atoms with Gasteiger partial charge in [0.2, 0.25) is 0 Å². The minimum atomic E-state index is 0.135. The van der Waals surface area contributed by atoms with E-state index in [4.69, 9.17) is 0 Å². The molecule has 2 heterocycles. The summed E-state index contributed by atoms with van der Waals surface area (Å²) in [5.74, 6) is 0. The van der Waals surface area contributed by atoms with Crippen molar-refractivity contribution in [1.29, 1.82) is 0 Å². The quantitative estimate of drug-likeness (QED) is 0.655. The number of fused-ring (bicyclic) bond motifs is 3. The minimum Gasteiger partial charge on any atom is -0.344 e. The molecular formula is C13H12IN. The van der Waals surface area contributed by atoms with Crippen LogP contribution in [0.4, 0.5) is 0 Å². The Kier molecular flexibility index (Phi) is 2.06. The van der Waals surface area contributed by atoms with E-state index in [-0.39, 0.29) is 20.7 Å². The third-order valence-electron chi connectivity index (χ3n) is 2.91. The van der Waals surface area contributed by atoms with Crippen LogP contribution in [0.15, 0.2) is 22.3 Å². The van der Waals surface area contributed by atoms with Crippen molar-refractivity contribution in [2.24, 2.45) is 7.05 Å². The van der Waals surface area contributed by atoms with E-state index in [1.54, 1.807) is 0 Å². The molecule has 76 valence electrons. The first kappa shape index (κ1) is 9.33.